The molecule has 0 bridgehead atoms. The van der Waals surface area contributed by atoms with Crippen molar-refractivity contribution in [3.8, 4) is 0 Å². The first-order chi connectivity index (χ1) is 7.47. The van der Waals surface area contributed by atoms with Gasteiger partial charge in [-0.15, -0.1) is 0 Å². The monoisotopic (exact) mass is 220 g/mol. The van der Waals surface area contributed by atoms with Crippen molar-refractivity contribution < 1.29 is 14.7 Å². The van der Waals surface area contributed by atoms with Crippen molar-refractivity contribution in [2.24, 2.45) is 0 Å². The van der Waals surface area contributed by atoms with Crippen LogP contribution in [0.1, 0.15) is 11.5 Å². The van der Waals surface area contributed by atoms with Gasteiger partial charge in [-0.05, 0) is 19.9 Å². The Kier molecular flexibility index (Phi) is 3.71. The van der Waals surface area contributed by atoms with E-state index in [0.29, 0.717) is 23.4 Å². The summed E-state index contributed by atoms with van der Waals surface area (Å²) in [6.45, 7) is 3.46. The number of carboxylic acid groups (broad SMARTS) is 1. The highest BCUT2D eigenvalue weighted by molar-refractivity contribution is 6.01. The lowest BCUT2D eigenvalue weighted by molar-refractivity contribution is -0.297. The van der Waals surface area contributed by atoms with Crippen LogP contribution in [0, 0.1) is 13.8 Å². The van der Waals surface area contributed by atoms with E-state index in [4.69, 9.17) is 0 Å². The van der Waals surface area contributed by atoms with E-state index >= 15 is 0 Å². The highest BCUT2D eigenvalue weighted by Crippen LogP contribution is 2.05. The molecule has 0 aliphatic carbocycles. The Hall–Kier alpha value is -2.24. The molecule has 1 aromatic heterocycles. The Labute approximate surface area is 92.0 Å². The number of hydrogen-bond donors (Lipinski definition) is 1. The fourth-order valence-corrected chi connectivity index (χ4v) is 1.09. The molecular formula is C10H10N3O3-. The topological polar surface area (TPSA) is 95.0 Å². The third kappa shape index (κ3) is 3.87. The number of carbonyl (C=O) groups is 2. The molecule has 0 unspecified atom stereocenters. The van der Waals surface area contributed by atoms with Gasteiger partial charge in [0, 0.05) is 17.8 Å². The number of rotatable bonds is 3. The van der Waals surface area contributed by atoms with E-state index in [2.05, 4.69) is 15.3 Å². The average Bonchev–Trinajstić information content (AvgIpc) is 2.12. The third-order valence-corrected chi connectivity index (χ3v) is 1.59. The van der Waals surface area contributed by atoms with Crippen LogP contribution in [0.2, 0.25) is 0 Å². The van der Waals surface area contributed by atoms with Crippen LogP contribution in [-0.2, 0) is 9.59 Å². The second-order valence-electron chi connectivity index (χ2n) is 3.08. The summed E-state index contributed by atoms with van der Waals surface area (Å²) >= 11 is 0. The van der Waals surface area contributed by atoms with Crippen LogP contribution in [0.15, 0.2) is 18.2 Å². The van der Waals surface area contributed by atoms with Gasteiger partial charge in [-0.25, -0.2) is 9.97 Å². The molecule has 0 aliphatic heterocycles. The number of amides is 1. The zero-order valence-corrected chi connectivity index (χ0v) is 8.85. The zero-order valence-electron chi connectivity index (χ0n) is 8.85. The number of nitrogens with zero attached hydrogens (tertiary/aromatic N) is 2. The van der Waals surface area contributed by atoms with Gasteiger partial charge in [0.15, 0.2) is 0 Å². The highest BCUT2D eigenvalue weighted by atomic mass is 16.4. The van der Waals surface area contributed by atoms with Crippen LogP contribution < -0.4 is 10.4 Å². The van der Waals surface area contributed by atoms with E-state index in [-0.39, 0.29) is 0 Å². The van der Waals surface area contributed by atoms with Crippen molar-refractivity contribution in [3.05, 3.63) is 29.7 Å². The molecule has 0 spiro atoms. The minimum absolute atomic E-state index is 0.331. The quantitative estimate of drug-likeness (QED) is 0.682. The number of aromatic nitrogens is 2. The molecule has 1 N–H and O–H groups in total. The first-order valence-electron chi connectivity index (χ1n) is 4.49. The first-order valence-corrected chi connectivity index (χ1v) is 4.49. The lowest BCUT2D eigenvalue weighted by Gasteiger charge is -2.03. The fourth-order valence-electron chi connectivity index (χ4n) is 1.09. The predicted molar refractivity (Wildman–Crippen MR) is 54.3 cm³/mol. The standard InChI is InChI=1S/C10H11N3O3/c1-6-5-8(12-7(2)11-6)13-9(14)3-4-10(15)16/h3-5H,1-2H3,(H,15,16)(H,11,12,13,14)/p-1/b4-3+. The minimum Gasteiger partial charge on any atom is -0.545 e. The molecule has 1 aromatic rings. The van der Waals surface area contributed by atoms with Crippen molar-refractivity contribution in [2.75, 3.05) is 5.32 Å². The maximum absolute atomic E-state index is 11.2. The molecule has 0 aliphatic rings. The van der Waals surface area contributed by atoms with E-state index in [1.807, 2.05) is 0 Å². The van der Waals surface area contributed by atoms with E-state index in [9.17, 15) is 14.7 Å². The fraction of sp³-hybridized carbons (Fsp3) is 0.200. The second-order valence-corrected chi connectivity index (χ2v) is 3.08. The van der Waals surface area contributed by atoms with Gasteiger partial charge in [-0.3, -0.25) is 4.79 Å². The van der Waals surface area contributed by atoms with E-state index < -0.39 is 11.9 Å². The summed E-state index contributed by atoms with van der Waals surface area (Å²) in [7, 11) is 0. The van der Waals surface area contributed by atoms with Gasteiger partial charge in [-0.1, -0.05) is 0 Å². The Bertz CT molecular complexity index is 434. The number of nitrogens with one attached hydrogen (secondary N) is 1. The Morgan fingerprint density at radius 2 is 2.00 bits per heavy atom. The number of aliphatic carboxylic acids is 1. The van der Waals surface area contributed by atoms with Gasteiger partial charge in [0.1, 0.15) is 11.6 Å². The molecular weight excluding hydrogens is 210 g/mol. The Morgan fingerprint density at radius 1 is 1.31 bits per heavy atom. The minimum atomic E-state index is -1.43. The molecule has 1 amide bonds. The number of anilines is 1. The van der Waals surface area contributed by atoms with Crippen LogP contribution in [0.4, 0.5) is 5.82 Å². The van der Waals surface area contributed by atoms with E-state index in [1.165, 1.54) is 0 Å². The van der Waals surface area contributed by atoms with Crippen molar-refractivity contribution in [1.82, 2.24) is 9.97 Å². The van der Waals surface area contributed by atoms with Crippen LogP contribution in [0.25, 0.3) is 0 Å². The van der Waals surface area contributed by atoms with Crippen molar-refractivity contribution in [1.29, 1.82) is 0 Å². The molecule has 0 atom stereocenters. The summed E-state index contributed by atoms with van der Waals surface area (Å²) in [5.41, 5.74) is 0.715. The molecule has 0 saturated heterocycles. The summed E-state index contributed by atoms with van der Waals surface area (Å²) in [5, 5.41) is 12.5. The smallest absolute Gasteiger partial charge is 0.249 e. The van der Waals surface area contributed by atoms with Crippen LogP contribution >= 0.6 is 0 Å². The number of aryl methyl sites for hydroxylation is 2. The maximum atomic E-state index is 11.2. The largest absolute Gasteiger partial charge is 0.545 e. The highest BCUT2D eigenvalue weighted by Gasteiger charge is 2.01. The lowest BCUT2D eigenvalue weighted by atomic mass is 10.4. The molecule has 0 aromatic carbocycles. The molecule has 1 heterocycles. The van der Waals surface area contributed by atoms with Gasteiger partial charge < -0.3 is 15.2 Å². The summed E-state index contributed by atoms with van der Waals surface area (Å²) in [6, 6.07) is 1.58. The van der Waals surface area contributed by atoms with E-state index in [0.717, 1.165) is 6.08 Å². The predicted octanol–water partition coefficient (Wildman–Crippen LogP) is -0.662. The molecule has 1 rings (SSSR count). The Morgan fingerprint density at radius 3 is 2.56 bits per heavy atom. The summed E-state index contributed by atoms with van der Waals surface area (Å²) in [4.78, 5) is 29.2. The number of carbonyl (C=O) groups excluding carboxylic acids is 2. The van der Waals surface area contributed by atoms with E-state index in [1.54, 1.807) is 19.9 Å². The third-order valence-electron chi connectivity index (χ3n) is 1.59. The summed E-state index contributed by atoms with van der Waals surface area (Å²) in [5.74, 6) is -1.15. The number of hydrogen-bond acceptors (Lipinski definition) is 5. The van der Waals surface area contributed by atoms with Gasteiger partial charge in [0.05, 0.1) is 5.97 Å². The Balaban J connectivity index is 2.73. The van der Waals surface area contributed by atoms with Gasteiger partial charge in [0.2, 0.25) is 5.91 Å². The molecule has 6 nitrogen and oxygen atoms in total. The van der Waals surface area contributed by atoms with Gasteiger partial charge >= 0.3 is 0 Å². The lowest BCUT2D eigenvalue weighted by Crippen LogP contribution is -2.20. The normalized spacial score (nSPS) is 10.4. The molecule has 0 fully saturated rings. The van der Waals surface area contributed by atoms with Crippen LogP contribution in [0.5, 0.6) is 0 Å². The van der Waals surface area contributed by atoms with Gasteiger partial charge in [-0.2, -0.15) is 0 Å². The summed E-state index contributed by atoms with van der Waals surface area (Å²) < 4.78 is 0. The number of carboxylic acids is 1. The zero-order chi connectivity index (χ0) is 12.1. The van der Waals surface area contributed by atoms with Crippen molar-refractivity contribution >= 4 is 17.7 Å². The first kappa shape index (κ1) is 11.8. The average molecular weight is 220 g/mol. The summed E-state index contributed by atoms with van der Waals surface area (Å²) in [6.07, 6.45) is 1.51. The van der Waals surface area contributed by atoms with Gasteiger partial charge in [0.25, 0.3) is 0 Å². The second kappa shape index (κ2) is 5.01. The van der Waals surface area contributed by atoms with Crippen LogP contribution in [-0.4, -0.2) is 21.8 Å². The molecule has 6 heteroatoms. The molecule has 0 radical (unpaired) electrons. The molecule has 84 valence electrons. The maximum Gasteiger partial charge on any atom is 0.249 e. The van der Waals surface area contributed by atoms with Crippen molar-refractivity contribution in [3.63, 3.8) is 0 Å². The molecule has 0 saturated carbocycles. The molecule has 16 heavy (non-hydrogen) atoms. The SMILES string of the molecule is Cc1cc(NC(=O)/C=C/C(=O)[O-])nc(C)n1. The van der Waals surface area contributed by atoms with Crippen LogP contribution in [0.3, 0.4) is 0 Å². The van der Waals surface area contributed by atoms with Crippen molar-refractivity contribution in [2.45, 2.75) is 13.8 Å².